The standard InChI is InChI=1S/C11H9NO2/c1-14-9-2-3-10-8(7-13)4-5-12-11(10)6-9/h2-7H,1H3. The Morgan fingerprint density at radius 1 is 1.36 bits per heavy atom. The van der Waals surface area contributed by atoms with E-state index in [2.05, 4.69) is 4.98 Å². The molecule has 2 rings (SSSR count). The van der Waals surface area contributed by atoms with Gasteiger partial charge in [-0.3, -0.25) is 9.78 Å². The number of nitrogens with zero attached hydrogens (tertiary/aromatic N) is 1. The lowest BCUT2D eigenvalue weighted by atomic mass is 10.1. The number of benzene rings is 1. The van der Waals surface area contributed by atoms with Crippen LogP contribution >= 0.6 is 0 Å². The van der Waals surface area contributed by atoms with E-state index in [-0.39, 0.29) is 0 Å². The molecule has 3 nitrogen and oxygen atoms in total. The quantitative estimate of drug-likeness (QED) is 0.675. The topological polar surface area (TPSA) is 39.2 Å². The Morgan fingerprint density at radius 2 is 2.21 bits per heavy atom. The lowest BCUT2D eigenvalue weighted by molar-refractivity contribution is 0.112. The molecule has 0 fully saturated rings. The zero-order valence-electron chi connectivity index (χ0n) is 7.73. The van der Waals surface area contributed by atoms with Gasteiger partial charge in [-0.05, 0) is 18.2 Å². The summed E-state index contributed by atoms with van der Waals surface area (Å²) < 4.78 is 5.07. The lowest BCUT2D eigenvalue weighted by Gasteiger charge is -2.02. The molecular weight excluding hydrogens is 178 g/mol. The van der Waals surface area contributed by atoms with Crippen molar-refractivity contribution in [3.8, 4) is 5.75 Å². The van der Waals surface area contributed by atoms with Crippen LogP contribution in [0, 0.1) is 0 Å². The summed E-state index contributed by atoms with van der Waals surface area (Å²) in [6.45, 7) is 0. The van der Waals surface area contributed by atoms with Crippen molar-refractivity contribution >= 4 is 17.2 Å². The molecule has 0 amide bonds. The highest BCUT2D eigenvalue weighted by Gasteiger charge is 2.01. The number of carbonyl (C=O) groups excluding carboxylic acids is 1. The second-order valence-electron chi connectivity index (χ2n) is 2.90. The van der Waals surface area contributed by atoms with E-state index in [1.54, 1.807) is 19.4 Å². The third kappa shape index (κ3) is 1.33. The monoisotopic (exact) mass is 187 g/mol. The first-order valence-electron chi connectivity index (χ1n) is 4.23. The average Bonchev–Trinajstić information content (AvgIpc) is 2.27. The molecule has 1 aromatic heterocycles. The van der Waals surface area contributed by atoms with Gasteiger partial charge in [0.25, 0.3) is 0 Å². The van der Waals surface area contributed by atoms with Gasteiger partial charge in [0.1, 0.15) is 5.75 Å². The highest BCUT2D eigenvalue weighted by Crippen LogP contribution is 2.20. The number of hydrogen-bond donors (Lipinski definition) is 0. The number of methoxy groups -OCH3 is 1. The minimum atomic E-state index is 0.651. The minimum Gasteiger partial charge on any atom is -0.497 e. The Bertz CT molecular complexity index is 480. The smallest absolute Gasteiger partial charge is 0.150 e. The molecule has 2 aromatic rings. The van der Waals surface area contributed by atoms with Crippen LogP contribution in [0.2, 0.25) is 0 Å². The summed E-state index contributed by atoms with van der Waals surface area (Å²) in [6.07, 6.45) is 2.45. The zero-order chi connectivity index (χ0) is 9.97. The fraction of sp³-hybridized carbons (Fsp3) is 0.0909. The van der Waals surface area contributed by atoms with Crippen molar-refractivity contribution in [2.45, 2.75) is 0 Å². The van der Waals surface area contributed by atoms with Gasteiger partial charge in [0.2, 0.25) is 0 Å². The van der Waals surface area contributed by atoms with Crippen molar-refractivity contribution in [3.05, 3.63) is 36.0 Å². The molecule has 70 valence electrons. The second-order valence-corrected chi connectivity index (χ2v) is 2.90. The third-order valence-corrected chi connectivity index (χ3v) is 2.11. The van der Waals surface area contributed by atoms with Crippen LogP contribution in [0.1, 0.15) is 10.4 Å². The number of ether oxygens (including phenoxy) is 1. The highest BCUT2D eigenvalue weighted by atomic mass is 16.5. The highest BCUT2D eigenvalue weighted by molar-refractivity contribution is 5.96. The molecule has 0 spiro atoms. The largest absolute Gasteiger partial charge is 0.497 e. The molecule has 0 N–H and O–H groups in total. The van der Waals surface area contributed by atoms with Gasteiger partial charge in [-0.25, -0.2) is 0 Å². The Kier molecular flexibility index (Phi) is 2.14. The van der Waals surface area contributed by atoms with Crippen molar-refractivity contribution in [1.82, 2.24) is 4.98 Å². The van der Waals surface area contributed by atoms with Crippen molar-refractivity contribution < 1.29 is 9.53 Å². The van der Waals surface area contributed by atoms with E-state index in [1.165, 1.54) is 0 Å². The van der Waals surface area contributed by atoms with Crippen LogP contribution < -0.4 is 4.74 Å². The van der Waals surface area contributed by atoms with Gasteiger partial charge in [-0.2, -0.15) is 0 Å². The van der Waals surface area contributed by atoms with Gasteiger partial charge < -0.3 is 4.74 Å². The SMILES string of the molecule is COc1ccc2c(C=O)ccnc2c1. The molecule has 14 heavy (non-hydrogen) atoms. The molecule has 0 aliphatic heterocycles. The first-order chi connectivity index (χ1) is 6.85. The predicted octanol–water partition coefficient (Wildman–Crippen LogP) is 2.06. The van der Waals surface area contributed by atoms with Gasteiger partial charge in [0.15, 0.2) is 6.29 Å². The minimum absolute atomic E-state index is 0.651. The normalized spacial score (nSPS) is 10.1. The van der Waals surface area contributed by atoms with Crippen LogP contribution in [0.25, 0.3) is 10.9 Å². The summed E-state index contributed by atoms with van der Waals surface area (Å²) in [5.74, 6) is 0.744. The summed E-state index contributed by atoms with van der Waals surface area (Å²) in [4.78, 5) is 14.9. The molecule has 0 atom stereocenters. The first kappa shape index (κ1) is 8.69. The van der Waals surface area contributed by atoms with Crippen molar-refractivity contribution in [2.24, 2.45) is 0 Å². The van der Waals surface area contributed by atoms with E-state index in [0.29, 0.717) is 5.56 Å². The Morgan fingerprint density at radius 3 is 2.93 bits per heavy atom. The molecule has 0 unspecified atom stereocenters. The van der Waals surface area contributed by atoms with Gasteiger partial charge in [0, 0.05) is 23.2 Å². The predicted molar refractivity (Wildman–Crippen MR) is 53.7 cm³/mol. The number of carbonyl (C=O) groups is 1. The molecule has 1 heterocycles. The molecule has 0 radical (unpaired) electrons. The molecule has 0 aliphatic carbocycles. The Hall–Kier alpha value is -1.90. The van der Waals surface area contributed by atoms with E-state index >= 15 is 0 Å². The summed E-state index contributed by atoms with van der Waals surface area (Å²) >= 11 is 0. The Labute approximate surface area is 81.3 Å². The summed E-state index contributed by atoms with van der Waals surface area (Å²) in [6, 6.07) is 7.16. The fourth-order valence-electron chi connectivity index (χ4n) is 1.38. The van der Waals surface area contributed by atoms with Crippen LogP contribution in [0.15, 0.2) is 30.5 Å². The number of hydrogen-bond acceptors (Lipinski definition) is 3. The van der Waals surface area contributed by atoms with Crippen LogP contribution in [0.5, 0.6) is 5.75 Å². The number of pyridine rings is 1. The van der Waals surface area contributed by atoms with E-state index in [4.69, 9.17) is 4.74 Å². The Balaban J connectivity index is 2.73. The summed E-state index contributed by atoms with van der Waals surface area (Å²) in [7, 11) is 1.60. The number of fused-ring (bicyclic) bond motifs is 1. The summed E-state index contributed by atoms with van der Waals surface area (Å²) in [5, 5.41) is 0.850. The van der Waals surface area contributed by atoms with Crippen LogP contribution in [0.3, 0.4) is 0 Å². The van der Waals surface area contributed by atoms with Crippen LogP contribution in [-0.4, -0.2) is 18.4 Å². The van der Waals surface area contributed by atoms with Gasteiger partial charge in [-0.1, -0.05) is 0 Å². The van der Waals surface area contributed by atoms with Gasteiger partial charge in [-0.15, -0.1) is 0 Å². The second kappa shape index (κ2) is 3.46. The van der Waals surface area contributed by atoms with Crippen LogP contribution in [-0.2, 0) is 0 Å². The maximum atomic E-state index is 10.7. The van der Waals surface area contributed by atoms with E-state index in [1.807, 2.05) is 18.2 Å². The molecule has 0 aliphatic rings. The molecule has 0 saturated carbocycles. The maximum absolute atomic E-state index is 10.7. The van der Waals surface area contributed by atoms with Crippen LogP contribution in [0.4, 0.5) is 0 Å². The summed E-state index contributed by atoms with van der Waals surface area (Å²) in [5.41, 5.74) is 1.42. The molecular formula is C11H9NO2. The molecule has 3 heteroatoms. The number of rotatable bonds is 2. The number of aldehydes is 1. The van der Waals surface area contributed by atoms with E-state index < -0.39 is 0 Å². The van der Waals surface area contributed by atoms with Gasteiger partial charge in [0.05, 0.1) is 12.6 Å². The molecule has 0 bridgehead atoms. The molecule has 1 aromatic carbocycles. The van der Waals surface area contributed by atoms with Crippen molar-refractivity contribution in [1.29, 1.82) is 0 Å². The molecule has 0 saturated heterocycles. The van der Waals surface area contributed by atoms with Crippen molar-refractivity contribution in [2.75, 3.05) is 7.11 Å². The van der Waals surface area contributed by atoms with Gasteiger partial charge >= 0.3 is 0 Å². The first-order valence-corrected chi connectivity index (χ1v) is 4.23. The fourth-order valence-corrected chi connectivity index (χ4v) is 1.38. The van der Waals surface area contributed by atoms with Crippen molar-refractivity contribution in [3.63, 3.8) is 0 Å². The maximum Gasteiger partial charge on any atom is 0.150 e. The van der Waals surface area contributed by atoms with E-state index in [0.717, 1.165) is 22.9 Å². The van der Waals surface area contributed by atoms with E-state index in [9.17, 15) is 4.79 Å². The number of aromatic nitrogens is 1. The third-order valence-electron chi connectivity index (χ3n) is 2.11. The average molecular weight is 187 g/mol. The lowest BCUT2D eigenvalue weighted by Crippen LogP contribution is -1.88. The zero-order valence-corrected chi connectivity index (χ0v) is 7.73.